The lowest BCUT2D eigenvalue weighted by Crippen LogP contribution is -2.24. The van der Waals surface area contributed by atoms with Crippen molar-refractivity contribution in [2.75, 3.05) is 5.32 Å². The molecule has 1 amide bonds. The van der Waals surface area contributed by atoms with Crippen LogP contribution in [0.3, 0.4) is 0 Å². The molecule has 0 fully saturated rings. The van der Waals surface area contributed by atoms with E-state index >= 15 is 0 Å². The molecule has 0 bridgehead atoms. The summed E-state index contributed by atoms with van der Waals surface area (Å²) in [6, 6.07) is 1.21. The maximum atomic E-state index is 11.9. The minimum atomic E-state index is -0.862. The van der Waals surface area contributed by atoms with E-state index < -0.39 is 16.6 Å². The van der Waals surface area contributed by atoms with E-state index in [1.165, 1.54) is 13.0 Å². The van der Waals surface area contributed by atoms with E-state index in [1.54, 1.807) is 6.92 Å². The highest BCUT2D eigenvalue weighted by Gasteiger charge is 2.29. The number of nitro groups is 1. The number of rotatable bonds is 5. The highest BCUT2D eigenvalue weighted by Crippen LogP contribution is 2.38. The van der Waals surface area contributed by atoms with Gasteiger partial charge in [0.25, 0.3) is 11.6 Å². The molecule has 7 heteroatoms. The van der Waals surface area contributed by atoms with Crippen LogP contribution in [0.4, 0.5) is 11.4 Å². The molecule has 0 saturated heterocycles. The highest BCUT2D eigenvalue weighted by atomic mass is 16.6. The number of anilines is 1. The number of Topliss-reactive ketones (excluding diaryl/α,β-unsaturated/α-hetero) is 2. The van der Waals surface area contributed by atoms with Gasteiger partial charge in [-0.25, -0.2) is 0 Å². The lowest BCUT2D eigenvalue weighted by atomic mass is 9.85. The number of ketones is 2. The van der Waals surface area contributed by atoms with Crippen LogP contribution in [0.2, 0.25) is 0 Å². The maximum Gasteiger partial charge on any atom is 0.293 e. The average Bonchev–Trinajstić information content (AvgIpc) is 2.53. The van der Waals surface area contributed by atoms with Gasteiger partial charge >= 0.3 is 0 Å². The molecule has 23 heavy (non-hydrogen) atoms. The number of nitrogens with zero attached hydrogens (tertiary/aromatic N) is 1. The van der Waals surface area contributed by atoms with Gasteiger partial charge in [0.2, 0.25) is 5.78 Å². The Morgan fingerprint density at radius 3 is 2.35 bits per heavy atom. The van der Waals surface area contributed by atoms with Gasteiger partial charge in [0, 0.05) is 18.1 Å². The van der Waals surface area contributed by atoms with E-state index in [-0.39, 0.29) is 23.6 Å². The summed E-state index contributed by atoms with van der Waals surface area (Å²) in [4.78, 5) is 45.9. The van der Waals surface area contributed by atoms with Gasteiger partial charge in [-0.3, -0.25) is 24.5 Å². The summed E-state index contributed by atoms with van der Waals surface area (Å²) in [6.45, 7) is 2.91. The number of nitro benzene ring substituents is 1. The molecule has 2 rings (SSSR count). The van der Waals surface area contributed by atoms with Crippen molar-refractivity contribution in [1.29, 1.82) is 0 Å². The van der Waals surface area contributed by atoms with Crippen molar-refractivity contribution in [3.63, 3.8) is 0 Å². The SMILES string of the molecule is CCC(=O)C(=O)Nc1c([N+](=O)[O-])cc(C(C)=O)c2c1CCCC2. The van der Waals surface area contributed by atoms with E-state index in [0.717, 1.165) is 18.4 Å². The van der Waals surface area contributed by atoms with Gasteiger partial charge in [-0.15, -0.1) is 0 Å². The van der Waals surface area contributed by atoms with Crippen LogP contribution >= 0.6 is 0 Å². The summed E-state index contributed by atoms with van der Waals surface area (Å²) in [7, 11) is 0. The topological polar surface area (TPSA) is 106 Å². The molecule has 0 aliphatic heterocycles. The first-order valence-corrected chi connectivity index (χ1v) is 7.55. The average molecular weight is 318 g/mol. The van der Waals surface area contributed by atoms with Gasteiger partial charge in [-0.05, 0) is 43.7 Å². The number of benzene rings is 1. The molecular formula is C16H18N2O5. The number of nitrogens with one attached hydrogen (secondary N) is 1. The van der Waals surface area contributed by atoms with Crippen LogP contribution in [0.15, 0.2) is 6.07 Å². The molecule has 0 radical (unpaired) electrons. The third-order valence-corrected chi connectivity index (χ3v) is 4.02. The molecule has 1 aliphatic rings. The number of carbonyl (C=O) groups excluding carboxylic acids is 3. The molecule has 1 aromatic carbocycles. The standard InChI is InChI=1S/C16H18N2O5/c1-3-14(20)16(21)17-15-11-7-5-4-6-10(11)12(9(2)19)8-13(15)18(22)23/h8H,3-7H2,1-2H3,(H,17,21). The zero-order valence-electron chi connectivity index (χ0n) is 13.1. The fourth-order valence-electron chi connectivity index (χ4n) is 2.87. The first-order chi connectivity index (χ1) is 10.9. The van der Waals surface area contributed by atoms with E-state index in [0.29, 0.717) is 24.0 Å². The Kier molecular flexibility index (Phi) is 4.88. The van der Waals surface area contributed by atoms with Crippen molar-refractivity contribution in [3.05, 3.63) is 32.9 Å². The Morgan fingerprint density at radius 1 is 1.22 bits per heavy atom. The molecule has 1 aliphatic carbocycles. The van der Waals surface area contributed by atoms with Gasteiger partial charge in [0.05, 0.1) is 4.92 Å². The molecule has 7 nitrogen and oxygen atoms in total. The normalized spacial score (nSPS) is 13.1. The summed E-state index contributed by atoms with van der Waals surface area (Å²) in [5.74, 6) is -1.74. The Hall–Kier alpha value is -2.57. The third-order valence-electron chi connectivity index (χ3n) is 4.02. The molecule has 0 heterocycles. The largest absolute Gasteiger partial charge is 0.313 e. The van der Waals surface area contributed by atoms with Crippen molar-refractivity contribution in [1.82, 2.24) is 0 Å². The first-order valence-electron chi connectivity index (χ1n) is 7.55. The number of amides is 1. The highest BCUT2D eigenvalue weighted by molar-refractivity contribution is 6.40. The minimum Gasteiger partial charge on any atom is -0.313 e. The van der Waals surface area contributed by atoms with Crippen LogP contribution in [0, 0.1) is 10.1 Å². The maximum absolute atomic E-state index is 11.9. The number of carbonyl (C=O) groups is 3. The zero-order chi connectivity index (χ0) is 17.1. The smallest absolute Gasteiger partial charge is 0.293 e. The Morgan fingerprint density at radius 2 is 1.83 bits per heavy atom. The predicted molar refractivity (Wildman–Crippen MR) is 83.7 cm³/mol. The summed E-state index contributed by atoms with van der Waals surface area (Å²) in [5.41, 5.74) is 1.39. The molecule has 122 valence electrons. The van der Waals surface area contributed by atoms with Crippen LogP contribution in [0.1, 0.15) is 54.6 Å². The first kappa shape index (κ1) is 16.8. The second-order valence-corrected chi connectivity index (χ2v) is 5.53. The Bertz CT molecular complexity index is 709. The Labute approximate surface area is 133 Å². The second kappa shape index (κ2) is 6.68. The molecule has 0 atom stereocenters. The fourth-order valence-corrected chi connectivity index (χ4v) is 2.87. The van der Waals surface area contributed by atoms with Gasteiger partial charge in [0.15, 0.2) is 5.78 Å². The number of hydrogen-bond donors (Lipinski definition) is 1. The quantitative estimate of drug-likeness (QED) is 0.389. The lowest BCUT2D eigenvalue weighted by molar-refractivity contribution is -0.384. The van der Waals surface area contributed by atoms with Crippen molar-refractivity contribution >= 4 is 28.8 Å². The molecule has 1 aromatic rings. The summed E-state index contributed by atoms with van der Waals surface area (Å²) in [6.07, 6.45) is 2.88. The van der Waals surface area contributed by atoms with E-state index in [1.807, 2.05) is 0 Å². The van der Waals surface area contributed by atoms with Crippen molar-refractivity contribution in [3.8, 4) is 0 Å². The number of hydrogen-bond acceptors (Lipinski definition) is 5. The monoisotopic (exact) mass is 318 g/mol. The van der Waals surface area contributed by atoms with Crippen LogP contribution in [0.25, 0.3) is 0 Å². The fraction of sp³-hybridized carbons (Fsp3) is 0.438. The van der Waals surface area contributed by atoms with Crippen LogP contribution in [0.5, 0.6) is 0 Å². The van der Waals surface area contributed by atoms with Crippen LogP contribution in [-0.2, 0) is 22.4 Å². The number of fused-ring (bicyclic) bond motifs is 1. The van der Waals surface area contributed by atoms with E-state index in [2.05, 4.69) is 5.32 Å². The Balaban J connectivity index is 2.63. The predicted octanol–water partition coefficient (Wildman–Crippen LogP) is 2.59. The van der Waals surface area contributed by atoms with Crippen molar-refractivity contribution in [2.45, 2.75) is 46.0 Å². The third kappa shape index (κ3) is 3.28. The van der Waals surface area contributed by atoms with E-state index in [4.69, 9.17) is 0 Å². The molecular weight excluding hydrogens is 300 g/mol. The van der Waals surface area contributed by atoms with Gasteiger partial charge < -0.3 is 5.32 Å². The van der Waals surface area contributed by atoms with Crippen molar-refractivity contribution in [2.24, 2.45) is 0 Å². The van der Waals surface area contributed by atoms with Gasteiger partial charge in [0.1, 0.15) is 5.69 Å². The molecule has 0 unspecified atom stereocenters. The van der Waals surface area contributed by atoms with E-state index in [9.17, 15) is 24.5 Å². The van der Waals surface area contributed by atoms with Gasteiger partial charge in [-0.1, -0.05) is 6.92 Å². The minimum absolute atomic E-state index is 0.0212. The zero-order valence-corrected chi connectivity index (χ0v) is 13.1. The molecule has 0 saturated carbocycles. The summed E-state index contributed by atoms with van der Waals surface area (Å²) in [5, 5.41) is 13.8. The molecule has 0 spiro atoms. The van der Waals surface area contributed by atoms with Crippen molar-refractivity contribution < 1.29 is 19.3 Å². The molecule has 1 N–H and O–H groups in total. The van der Waals surface area contributed by atoms with Crippen LogP contribution < -0.4 is 5.32 Å². The lowest BCUT2D eigenvalue weighted by Gasteiger charge is -2.22. The second-order valence-electron chi connectivity index (χ2n) is 5.53. The summed E-state index contributed by atoms with van der Waals surface area (Å²) < 4.78 is 0. The van der Waals surface area contributed by atoms with Gasteiger partial charge in [-0.2, -0.15) is 0 Å². The molecule has 0 aromatic heterocycles. The van der Waals surface area contributed by atoms with Crippen LogP contribution in [-0.4, -0.2) is 22.4 Å². The summed E-state index contributed by atoms with van der Waals surface area (Å²) >= 11 is 0.